The predicted octanol–water partition coefficient (Wildman–Crippen LogP) is 3.72. The highest BCUT2D eigenvalue weighted by molar-refractivity contribution is 7.90. The van der Waals surface area contributed by atoms with Crippen LogP contribution < -0.4 is 14.9 Å². The van der Waals surface area contributed by atoms with E-state index in [4.69, 9.17) is 4.74 Å². The highest BCUT2D eigenvalue weighted by Crippen LogP contribution is 2.31. The van der Waals surface area contributed by atoms with Gasteiger partial charge in [-0.15, -0.1) is 0 Å². The highest BCUT2D eigenvalue weighted by atomic mass is 32.2. The molecular formula is C24H39FN4O4S. The molecule has 10 heteroatoms. The molecule has 3 rings (SSSR count). The molecule has 2 aliphatic heterocycles. The van der Waals surface area contributed by atoms with Crippen LogP contribution in [-0.4, -0.2) is 68.5 Å². The zero-order valence-electron chi connectivity index (χ0n) is 21.2. The number of carbonyl (C=O) groups is 1. The molecule has 0 spiro atoms. The van der Waals surface area contributed by atoms with Crippen LogP contribution in [0.15, 0.2) is 12.1 Å². The maximum atomic E-state index is 15.4. The summed E-state index contributed by atoms with van der Waals surface area (Å²) >= 11 is 0. The van der Waals surface area contributed by atoms with Crippen LogP contribution in [0.25, 0.3) is 0 Å². The second-order valence-corrected chi connectivity index (χ2v) is 12.8. The number of nitrogens with one attached hydrogen (secondary N) is 2. The molecule has 0 unspecified atom stereocenters. The Morgan fingerprint density at radius 1 is 1.15 bits per heavy atom. The van der Waals surface area contributed by atoms with Crippen molar-refractivity contribution in [2.45, 2.75) is 83.8 Å². The van der Waals surface area contributed by atoms with Gasteiger partial charge in [-0.05, 0) is 66.0 Å². The number of nitrogens with zero attached hydrogens (tertiary/aromatic N) is 2. The number of anilines is 2. The summed E-state index contributed by atoms with van der Waals surface area (Å²) in [4.78, 5) is 16.6. The number of piperidine rings is 1. The Balaban J connectivity index is 1.64. The van der Waals surface area contributed by atoms with E-state index in [-0.39, 0.29) is 30.0 Å². The molecule has 0 aromatic heterocycles. The number of carbonyl (C=O) groups excluding carboxylic acids is 1. The molecule has 2 fully saturated rings. The number of halogens is 1. The van der Waals surface area contributed by atoms with Crippen LogP contribution in [0.1, 0.15) is 59.9 Å². The first-order valence-electron chi connectivity index (χ1n) is 12.1. The third kappa shape index (κ3) is 6.01. The Morgan fingerprint density at radius 3 is 2.26 bits per heavy atom. The number of urea groups is 1. The van der Waals surface area contributed by atoms with Gasteiger partial charge in [0.1, 0.15) is 0 Å². The van der Waals surface area contributed by atoms with Gasteiger partial charge < -0.3 is 19.9 Å². The summed E-state index contributed by atoms with van der Waals surface area (Å²) in [6, 6.07) is 2.90. The highest BCUT2D eigenvalue weighted by Gasteiger charge is 2.33. The zero-order valence-corrected chi connectivity index (χ0v) is 22.0. The van der Waals surface area contributed by atoms with Gasteiger partial charge in [-0.1, -0.05) is 6.92 Å². The molecule has 2 N–H and O–H groups in total. The number of hydrogen-bond donors (Lipinski definition) is 2. The lowest BCUT2D eigenvalue weighted by atomic mass is 10.0. The second-order valence-electron chi connectivity index (χ2n) is 10.4. The normalized spacial score (nSPS) is 22.7. The molecule has 34 heavy (non-hydrogen) atoms. The zero-order chi connectivity index (χ0) is 25.3. The Morgan fingerprint density at radius 2 is 1.74 bits per heavy atom. The van der Waals surface area contributed by atoms with Crippen molar-refractivity contribution in [1.29, 1.82) is 0 Å². The van der Waals surface area contributed by atoms with Crippen molar-refractivity contribution in [2.24, 2.45) is 0 Å². The van der Waals surface area contributed by atoms with E-state index in [0.29, 0.717) is 51.0 Å². The summed E-state index contributed by atoms with van der Waals surface area (Å²) in [6.45, 7) is 13.1. The van der Waals surface area contributed by atoms with Gasteiger partial charge in [-0.25, -0.2) is 22.3 Å². The van der Waals surface area contributed by atoms with Gasteiger partial charge in [0.05, 0.1) is 22.6 Å². The van der Waals surface area contributed by atoms with Crippen molar-refractivity contribution in [2.75, 3.05) is 36.4 Å². The van der Waals surface area contributed by atoms with E-state index < -0.39 is 20.6 Å². The predicted molar refractivity (Wildman–Crippen MR) is 133 cm³/mol. The van der Waals surface area contributed by atoms with Crippen molar-refractivity contribution in [3.05, 3.63) is 23.5 Å². The van der Waals surface area contributed by atoms with E-state index in [1.54, 1.807) is 31.7 Å². The Labute approximate surface area is 203 Å². The Bertz CT molecular complexity index is 977. The third-order valence-corrected chi connectivity index (χ3v) is 8.74. The maximum Gasteiger partial charge on any atom is 0.321 e. The lowest BCUT2D eigenvalue weighted by Gasteiger charge is -2.38. The van der Waals surface area contributed by atoms with Crippen LogP contribution >= 0.6 is 0 Å². The van der Waals surface area contributed by atoms with E-state index in [1.807, 2.05) is 26.8 Å². The van der Waals surface area contributed by atoms with E-state index >= 15 is 4.39 Å². The smallest absolute Gasteiger partial charge is 0.321 e. The number of amides is 2. The summed E-state index contributed by atoms with van der Waals surface area (Å²) in [5, 5.41) is 2.72. The van der Waals surface area contributed by atoms with Crippen molar-refractivity contribution < 1.29 is 22.3 Å². The van der Waals surface area contributed by atoms with Crippen molar-refractivity contribution in [1.82, 2.24) is 9.62 Å². The molecule has 8 nitrogen and oxygen atoms in total. The lowest BCUT2D eigenvalue weighted by molar-refractivity contribution is -0.00527. The number of ether oxygens (including phenoxy) is 1. The summed E-state index contributed by atoms with van der Waals surface area (Å²) in [5.41, 5.74) is 1.58. The Kier molecular flexibility index (Phi) is 8.14. The minimum Gasteiger partial charge on any atom is -0.372 e. The fourth-order valence-corrected chi connectivity index (χ4v) is 5.53. The third-order valence-electron chi connectivity index (χ3n) is 6.48. The van der Waals surface area contributed by atoms with Crippen molar-refractivity contribution in [3.8, 4) is 0 Å². The summed E-state index contributed by atoms with van der Waals surface area (Å²) in [5.74, 6) is -0.409. The van der Waals surface area contributed by atoms with Crippen molar-refractivity contribution >= 4 is 27.4 Å². The van der Waals surface area contributed by atoms with Crippen LogP contribution in [-0.2, 0) is 21.2 Å². The van der Waals surface area contributed by atoms with Crippen LogP contribution in [0.5, 0.6) is 0 Å². The van der Waals surface area contributed by atoms with Gasteiger partial charge in [0.2, 0.25) is 10.0 Å². The second kappa shape index (κ2) is 10.4. The summed E-state index contributed by atoms with van der Waals surface area (Å²) in [7, 11) is -3.45. The number of hydrogen-bond acceptors (Lipinski definition) is 5. The monoisotopic (exact) mass is 498 g/mol. The maximum absolute atomic E-state index is 15.4. The average Bonchev–Trinajstić information content (AvgIpc) is 2.73. The van der Waals surface area contributed by atoms with Crippen LogP contribution in [0.3, 0.4) is 0 Å². The quantitative estimate of drug-likeness (QED) is 0.646. The molecular weight excluding hydrogens is 459 g/mol. The molecule has 1 aromatic carbocycles. The molecule has 1 aromatic rings. The molecule has 2 heterocycles. The first-order chi connectivity index (χ1) is 15.8. The van der Waals surface area contributed by atoms with Gasteiger partial charge in [0, 0.05) is 43.5 Å². The molecule has 0 aliphatic carbocycles. The molecule has 2 saturated heterocycles. The van der Waals surface area contributed by atoms with E-state index in [0.717, 1.165) is 5.69 Å². The summed E-state index contributed by atoms with van der Waals surface area (Å²) in [6.07, 6.45) is 1.65. The standard InChI is InChI=1S/C24H39FN4O4S/c1-7-19-21(29-14-16(2)33-17(3)15-29)9-8-20(22(19)25)26-23(30)28-12-10-18(11-13-28)27-34(31,32)24(4,5)6/h8-9,16-18,27H,7,10-15H2,1-6H3,(H,26,30)/t16-,17+. The lowest BCUT2D eigenvalue weighted by Crippen LogP contribution is -2.50. The van der Waals surface area contributed by atoms with Crippen molar-refractivity contribution in [3.63, 3.8) is 0 Å². The number of likely N-dealkylation sites (tertiary alicyclic amines) is 1. The molecule has 0 bridgehead atoms. The first-order valence-corrected chi connectivity index (χ1v) is 13.6. The minimum absolute atomic E-state index is 0.0618. The summed E-state index contributed by atoms with van der Waals surface area (Å²) < 4.78 is 47.9. The number of morpholine rings is 1. The van der Waals surface area contributed by atoms with E-state index in [1.165, 1.54) is 0 Å². The van der Waals surface area contributed by atoms with Gasteiger partial charge in [0.15, 0.2) is 5.82 Å². The number of sulfonamides is 1. The topological polar surface area (TPSA) is 91.0 Å². The van der Waals surface area contributed by atoms with Gasteiger partial charge in [-0.2, -0.15) is 0 Å². The fraction of sp³-hybridized carbons (Fsp3) is 0.708. The SMILES string of the molecule is CCc1c(N2C[C@@H](C)O[C@@H](C)C2)ccc(NC(=O)N2CCC(NS(=O)(=O)C(C)(C)C)CC2)c1F. The van der Waals surface area contributed by atoms with E-state index in [9.17, 15) is 13.2 Å². The van der Waals surface area contributed by atoms with Gasteiger partial charge in [0.25, 0.3) is 0 Å². The number of rotatable bonds is 5. The molecule has 2 atom stereocenters. The molecule has 2 aliphatic rings. The largest absolute Gasteiger partial charge is 0.372 e. The molecule has 0 radical (unpaired) electrons. The minimum atomic E-state index is -3.45. The fourth-order valence-electron chi connectivity index (χ4n) is 4.51. The Hall–Kier alpha value is -1.91. The molecule has 2 amide bonds. The van der Waals surface area contributed by atoms with E-state index in [2.05, 4.69) is 14.9 Å². The molecule has 192 valence electrons. The van der Waals surface area contributed by atoms with Crippen LogP contribution in [0.4, 0.5) is 20.6 Å². The average molecular weight is 499 g/mol. The van der Waals surface area contributed by atoms with Crippen LogP contribution in [0, 0.1) is 5.82 Å². The molecule has 0 saturated carbocycles. The first kappa shape index (κ1) is 26.7. The van der Waals surface area contributed by atoms with Crippen LogP contribution in [0.2, 0.25) is 0 Å². The number of benzene rings is 1. The van der Waals surface area contributed by atoms with Gasteiger partial charge >= 0.3 is 6.03 Å². The van der Waals surface area contributed by atoms with Gasteiger partial charge in [-0.3, -0.25) is 0 Å².